The Morgan fingerprint density at radius 1 is 1.33 bits per heavy atom. The first-order valence-electron chi connectivity index (χ1n) is 5.01. The van der Waals surface area contributed by atoms with Crippen LogP contribution in [0.2, 0.25) is 0 Å². The van der Waals surface area contributed by atoms with Crippen LogP contribution in [0.5, 0.6) is 0 Å². The third-order valence-corrected chi connectivity index (χ3v) is 2.63. The Balaban J connectivity index is 2.58. The van der Waals surface area contributed by atoms with E-state index in [0.717, 1.165) is 6.42 Å². The quantitative estimate of drug-likeness (QED) is 0.827. The number of likely N-dealkylation sites (N-methyl/N-ethyl adjacent to an activating group) is 1. The van der Waals surface area contributed by atoms with Crippen molar-refractivity contribution in [2.45, 2.75) is 20.3 Å². The fourth-order valence-corrected chi connectivity index (χ4v) is 1.35. The Morgan fingerprint density at radius 2 is 2.00 bits per heavy atom. The van der Waals surface area contributed by atoms with Crippen molar-refractivity contribution in [3.63, 3.8) is 0 Å². The topological polar surface area (TPSA) is 40.5 Å². The van der Waals surface area contributed by atoms with Crippen molar-refractivity contribution in [2.75, 3.05) is 13.6 Å². The van der Waals surface area contributed by atoms with E-state index >= 15 is 0 Å². The second-order valence-corrected chi connectivity index (χ2v) is 3.87. The van der Waals surface area contributed by atoms with E-state index in [1.807, 2.05) is 0 Å². The van der Waals surface area contributed by atoms with Crippen LogP contribution < -0.4 is 0 Å². The summed E-state index contributed by atoms with van der Waals surface area (Å²) in [5.41, 5.74) is 3.71. The van der Waals surface area contributed by atoms with Crippen LogP contribution in [0.25, 0.3) is 0 Å². The number of hydrogen-bond acceptors (Lipinski definition) is 1. The van der Waals surface area contributed by atoms with E-state index < -0.39 is 6.09 Å². The molecule has 0 aliphatic heterocycles. The van der Waals surface area contributed by atoms with Crippen molar-refractivity contribution < 1.29 is 9.90 Å². The van der Waals surface area contributed by atoms with E-state index in [1.54, 1.807) is 7.05 Å². The Hall–Kier alpha value is -1.51. The van der Waals surface area contributed by atoms with Crippen LogP contribution in [0.4, 0.5) is 4.79 Å². The predicted molar refractivity (Wildman–Crippen MR) is 60.3 cm³/mol. The van der Waals surface area contributed by atoms with Crippen LogP contribution in [0.3, 0.4) is 0 Å². The minimum atomic E-state index is -0.876. The summed E-state index contributed by atoms with van der Waals surface area (Å²) in [6.45, 7) is 4.68. The van der Waals surface area contributed by atoms with E-state index in [2.05, 4.69) is 32.0 Å². The standard InChI is InChI=1S/C12H17NO2/c1-9-4-5-11(8-10(9)2)6-7-13(3)12(14)15/h4-5,8H,6-7H2,1-3H3,(H,14,15). The second kappa shape index (κ2) is 4.82. The Morgan fingerprint density at radius 3 is 2.53 bits per heavy atom. The molecule has 15 heavy (non-hydrogen) atoms. The minimum absolute atomic E-state index is 0.540. The molecule has 0 unspecified atom stereocenters. The first-order valence-corrected chi connectivity index (χ1v) is 5.01. The lowest BCUT2D eigenvalue weighted by Gasteiger charge is -2.13. The van der Waals surface area contributed by atoms with Crippen molar-refractivity contribution >= 4 is 6.09 Å². The lowest BCUT2D eigenvalue weighted by molar-refractivity contribution is 0.156. The van der Waals surface area contributed by atoms with Gasteiger partial charge in [0.25, 0.3) is 0 Å². The fraction of sp³-hybridized carbons (Fsp3) is 0.417. The molecular formula is C12H17NO2. The molecule has 82 valence electrons. The number of carbonyl (C=O) groups is 1. The van der Waals surface area contributed by atoms with Gasteiger partial charge in [0.05, 0.1) is 0 Å². The number of carboxylic acid groups (broad SMARTS) is 1. The van der Waals surface area contributed by atoms with E-state index in [4.69, 9.17) is 5.11 Å². The zero-order chi connectivity index (χ0) is 11.4. The monoisotopic (exact) mass is 207 g/mol. The van der Waals surface area contributed by atoms with Gasteiger partial charge in [-0.25, -0.2) is 4.79 Å². The van der Waals surface area contributed by atoms with Crippen LogP contribution in [-0.2, 0) is 6.42 Å². The van der Waals surface area contributed by atoms with Gasteiger partial charge in [-0.15, -0.1) is 0 Å². The van der Waals surface area contributed by atoms with Gasteiger partial charge in [0.1, 0.15) is 0 Å². The van der Waals surface area contributed by atoms with Crippen molar-refractivity contribution in [2.24, 2.45) is 0 Å². The molecule has 0 heterocycles. The van der Waals surface area contributed by atoms with E-state index in [1.165, 1.54) is 21.6 Å². The molecule has 0 radical (unpaired) electrons. The summed E-state index contributed by atoms with van der Waals surface area (Å²) in [6, 6.07) is 6.24. The van der Waals surface area contributed by atoms with Gasteiger partial charge in [-0.3, -0.25) is 0 Å². The smallest absolute Gasteiger partial charge is 0.407 e. The van der Waals surface area contributed by atoms with E-state index in [9.17, 15) is 4.79 Å². The van der Waals surface area contributed by atoms with Gasteiger partial charge in [0.2, 0.25) is 0 Å². The molecule has 1 N–H and O–H groups in total. The SMILES string of the molecule is Cc1ccc(CCN(C)C(=O)O)cc1C. The van der Waals surface area contributed by atoms with Crippen molar-refractivity contribution in [3.8, 4) is 0 Å². The molecule has 0 spiro atoms. The molecule has 1 amide bonds. The maximum absolute atomic E-state index is 10.6. The molecule has 0 atom stereocenters. The molecule has 1 rings (SSSR count). The van der Waals surface area contributed by atoms with Crippen molar-refractivity contribution in [3.05, 3.63) is 34.9 Å². The summed E-state index contributed by atoms with van der Waals surface area (Å²) in [4.78, 5) is 11.9. The Bertz CT molecular complexity index is 361. The largest absolute Gasteiger partial charge is 0.465 e. The molecule has 0 aliphatic carbocycles. The highest BCUT2D eigenvalue weighted by molar-refractivity contribution is 5.64. The van der Waals surface area contributed by atoms with Gasteiger partial charge in [0.15, 0.2) is 0 Å². The van der Waals surface area contributed by atoms with Crippen molar-refractivity contribution in [1.29, 1.82) is 0 Å². The minimum Gasteiger partial charge on any atom is -0.465 e. The molecule has 0 aromatic heterocycles. The third kappa shape index (κ3) is 3.27. The van der Waals surface area contributed by atoms with Gasteiger partial charge in [0, 0.05) is 13.6 Å². The second-order valence-electron chi connectivity index (χ2n) is 3.87. The molecule has 0 aliphatic rings. The van der Waals surface area contributed by atoms with Crippen LogP contribution in [0.1, 0.15) is 16.7 Å². The molecule has 0 saturated carbocycles. The van der Waals surface area contributed by atoms with Gasteiger partial charge in [-0.05, 0) is 37.0 Å². The number of nitrogens with zero attached hydrogens (tertiary/aromatic N) is 1. The number of hydrogen-bond donors (Lipinski definition) is 1. The summed E-state index contributed by atoms with van der Waals surface area (Å²) < 4.78 is 0. The summed E-state index contributed by atoms with van der Waals surface area (Å²) in [7, 11) is 1.59. The van der Waals surface area contributed by atoms with Gasteiger partial charge >= 0.3 is 6.09 Å². The van der Waals surface area contributed by atoms with Crippen LogP contribution in [-0.4, -0.2) is 29.7 Å². The molecule has 0 bridgehead atoms. The fourth-order valence-electron chi connectivity index (χ4n) is 1.35. The number of benzene rings is 1. The maximum Gasteiger partial charge on any atom is 0.407 e. The summed E-state index contributed by atoms with van der Waals surface area (Å²) >= 11 is 0. The van der Waals surface area contributed by atoms with E-state index in [-0.39, 0.29) is 0 Å². The van der Waals surface area contributed by atoms with E-state index in [0.29, 0.717) is 6.54 Å². The molecule has 1 aromatic carbocycles. The van der Waals surface area contributed by atoms with Crippen LogP contribution >= 0.6 is 0 Å². The van der Waals surface area contributed by atoms with Gasteiger partial charge in [-0.1, -0.05) is 18.2 Å². The maximum atomic E-state index is 10.6. The molecule has 1 aromatic rings. The lowest BCUT2D eigenvalue weighted by Crippen LogP contribution is -2.26. The predicted octanol–water partition coefficient (Wildman–Crippen LogP) is 2.46. The third-order valence-electron chi connectivity index (χ3n) is 2.63. The molecule has 3 nitrogen and oxygen atoms in total. The zero-order valence-electron chi connectivity index (χ0n) is 9.45. The summed E-state index contributed by atoms with van der Waals surface area (Å²) in [6.07, 6.45) is -0.108. The highest BCUT2D eigenvalue weighted by atomic mass is 16.4. The average molecular weight is 207 g/mol. The van der Waals surface area contributed by atoms with Crippen molar-refractivity contribution in [1.82, 2.24) is 4.90 Å². The van der Waals surface area contributed by atoms with Gasteiger partial charge < -0.3 is 10.0 Å². The van der Waals surface area contributed by atoms with Gasteiger partial charge in [-0.2, -0.15) is 0 Å². The van der Waals surface area contributed by atoms with Crippen LogP contribution in [0.15, 0.2) is 18.2 Å². The molecule has 3 heteroatoms. The van der Waals surface area contributed by atoms with Crippen LogP contribution in [0, 0.1) is 13.8 Å². The highest BCUT2D eigenvalue weighted by Gasteiger charge is 2.05. The lowest BCUT2D eigenvalue weighted by atomic mass is 10.0. The molecule has 0 fully saturated rings. The number of aryl methyl sites for hydroxylation is 2. The normalized spacial score (nSPS) is 10.1. The average Bonchev–Trinajstić information content (AvgIpc) is 2.19. The zero-order valence-corrected chi connectivity index (χ0v) is 9.45. The highest BCUT2D eigenvalue weighted by Crippen LogP contribution is 2.10. The molecular weight excluding hydrogens is 190 g/mol. The number of rotatable bonds is 3. The summed E-state index contributed by atoms with van der Waals surface area (Å²) in [5.74, 6) is 0. The Labute approximate surface area is 90.3 Å². The summed E-state index contributed by atoms with van der Waals surface area (Å²) in [5, 5.41) is 8.68. The first-order chi connectivity index (χ1) is 7.00. The number of amides is 1. The Kier molecular flexibility index (Phi) is 3.72. The first kappa shape index (κ1) is 11.6. The molecule has 0 saturated heterocycles.